The van der Waals surface area contributed by atoms with Gasteiger partial charge in [0.25, 0.3) is 0 Å². The standard InChI is InChI=1S/C11H13NO.H2/c1-2-8-3-5-10-9(7-8)4-6-11(13)12-10;/h3,5,7H,2,4,6H2,1H3,(H,12,13);1H. The third kappa shape index (κ3) is 1.57. The van der Waals surface area contributed by atoms with E-state index in [0.29, 0.717) is 6.42 Å². The number of carbonyl (C=O) groups excluding carboxylic acids is 1. The van der Waals surface area contributed by atoms with E-state index >= 15 is 0 Å². The van der Waals surface area contributed by atoms with Gasteiger partial charge in [-0.3, -0.25) is 4.79 Å². The predicted molar refractivity (Wildman–Crippen MR) is 54.9 cm³/mol. The zero-order chi connectivity index (χ0) is 9.26. The lowest BCUT2D eigenvalue weighted by Crippen LogP contribution is -2.18. The molecule has 0 bridgehead atoms. The van der Waals surface area contributed by atoms with Crippen molar-refractivity contribution in [3.05, 3.63) is 29.3 Å². The number of benzene rings is 1. The summed E-state index contributed by atoms with van der Waals surface area (Å²) in [7, 11) is 0. The highest BCUT2D eigenvalue weighted by atomic mass is 16.1. The van der Waals surface area contributed by atoms with Crippen LogP contribution < -0.4 is 5.32 Å². The van der Waals surface area contributed by atoms with Gasteiger partial charge in [-0.15, -0.1) is 0 Å². The Labute approximate surface area is 79.4 Å². The molecule has 1 aliphatic rings. The number of fused-ring (bicyclic) bond motifs is 1. The Bertz CT molecular complexity index is 349. The summed E-state index contributed by atoms with van der Waals surface area (Å²) in [4.78, 5) is 11.1. The van der Waals surface area contributed by atoms with Crippen LogP contribution in [0.3, 0.4) is 0 Å². The van der Waals surface area contributed by atoms with Crippen molar-refractivity contribution < 1.29 is 6.22 Å². The molecule has 1 amide bonds. The molecule has 0 radical (unpaired) electrons. The molecule has 0 aliphatic carbocycles. The Hall–Kier alpha value is -1.31. The molecule has 0 saturated carbocycles. The number of anilines is 1. The lowest BCUT2D eigenvalue weighted by atomic mass is 10.00. The van der Waals surface area contributed by atoms with Crippen LogP contribution in [0.2, 0.25) is 0 Å². The van der Waals surface area contributed by atoms with Gasteiger partial charge in [0.15, 0.2) is 0 Å². The third-order valence-corrected chi connectivity index (χ3v) is 2.47. The van der Waals surface area contributed by atoms with Gasteiger partial charge in [0.2, 0.25) is 5.91 Å². The summed E-state index contributed by atoms with van der Waals surface area (Å²) < 4.78 is 0. The quantitative estimate of drug-likeness (QED) is 0.701. The van der Waals surface area contributed by atoms with E-state index in [0.717, 1.165) is 18.5 Å². The Balaban J connectivity index is 0.000000980. The molecule has 1 aromatic rings. The van der Waals surface area contributed by atoms with Crippen LogP contribution in [0.1, 0.15) is 25.9 Å². The summed E-state index contributed by atoms with van der Waals surface area (Å²) in [5.41, 5.74) is 3.61. The first-order valence-corrected chi connectivity index (χ1v) is 4.71. The van der Waals surface area contributed by atoms with Crippen LogP contribution in [0.4, 0.5) is 5.69 Å². The van der Waals surface area contributed by atoms with E-state index in [2.05, 4.69) is 24.4 Å². The minimum absolute atomic E-state index is 0. The molecule has 2 rings (SSSR count). The van der Waals surface area contributed by atoms with Crippen LogP contribution in [0.25, 0.3) is 0 Å². The van der Waals surface area contributed by atoms with E-state index in [4.69, 9.17) is 0 Å². The second kappa shape index (κ2) is 3.21. The van der Waals surface area contributed by atoms with E-state index in [9.17, 15) is 4.79 Å². The van der Waals surface area contributed by atoms with Gasteiger partial charge in [-0.05, 0) is 30.0 Å². The van der Waals surface area contributed by atoms with Gasteiger partial charge in [-0.1, -0.05) is 19.1 Å². The molecular weight excluding hydrogens is 162 g/mol. The Kier molecular flexibility index (Phi) is 2.05. The maximum Gasteiger partial charge on any atom is 0.224 e. The highest BCUT2D eigenvalue weighted by Gasteiger charge is 2.13. The van der Waals surface area contributed by atoms with Gasteiger partial charge >= 0.3 is 0 Å². The summed E-state index contributed by atoms with van der Waals surface area (Å²) >= 11 is 0. The van der Waals surface area contributed by atoms with E-state index in [-0.39, 0.29) is 7.33 Å². The lowest BCUT2D eigenvalue weighted by molar-refractivity contribution is -0.116. The van der Waals surface area contributed by atoms with Gasteiger partial charge in [0.1, 0.15) is 0 Å². The first kappa shape index (κ1) is 8.30. The van der Waals surface area contributed by atoms with Gasteiger partial charge in [0.05, 0.1) is 0 Å². The minimum Gasteiger partial charge on any atom is -0.326 e. The van der Waals surface area contributed by atoms with E-state index in [1.807, 2.05) is 6.07 Å². The van der Waals surface area contributed by atoms with Crippen LogP contribution in [0.5, 0.6) is 0 Å². The van der Waals surface area contributed by atoms with Crippen LogP contribution in [0, 0.1) is 0 Å². The summed E-state index contributed by atoms with van der Waals surface area (Å²) in [6, 6.07) is 6.27. The smallest absolute Gasteiger partial charge is 0.224 e. The fraction of sp³-hybridized carbons (Fsp3) is 0.364. The molecule has 2 nitrogen and oxygen atoms in total. The summed E-state index contributed by atoms with van der Waals surface area (Å²) in [6.07, 6.45) is 2.57. The van der Waals surface area contributed by atoms with Crippen molar-refractivity contribution in [1.29, 1.82) is 0 Å². The van der Waals surface area contributed by atoms with Gasteiger partial charge < -0.3 is 5.32 Å². The maximum absolute atomic E-state index is 11.1. The number of nitrogens with one attached hydrogen (secondary N) is 1. The first-order valence-electron chi connectivity index (χ1n) is 4.71. The minimum atomic E-state index is 0. The molecule has 1 heterocycles. The third-order valence-electron chi connectivity index (χ3n) is 2.47. The molecule has 0 spiro atoms. The molecule has 0 fully saturated rings. The molecule has 0 aromatic heterocycles. The number of carbonyl (C=O) groups is 1. The molecular formula is C11H15NO. The maximum atomic E-state index is 11.1. The summed E-state index contributed by atoms with van der Waals surface area (Å²) in [5, 5.41) is 2.87. The fourth-order valence-electron chi connectivity index (χ4n) is 1.66. The van der Waals surface area contributed by atoms with Crippen molar-refractivity contribution >= 4 is 11.6 Å². The Morgan fingerprint density at radius 3 is 3.08 bits per heavy atom. The van der Waals surface area contributed by atoms with E-state index in [1.54, 1.807) is 0 Å². The van der Waals surface area contributed by atoms with Crippen molar-refractivity contribution in [2.75, 3.05) is 5.32 Å². The van der Waals surface area contributed by atoms with Crippen molar-refractivity contribution in [2.24, 2.45) is 0 Å². The number of amides is 1. The number of hydrogen-bond acceptors (Lipinski definition) is 1. The second-order valence-corrected chi connectivity index (χ2v) is 3.39. The van der Waals surface area contributed by atoms with Crippen LogP contribution in [-0.2, 0) is 17.6 Å². The molecule has 13 heavy (non-hydrogen) atoms. The largest absolute Gasteiger partial charge is 0.326 e. The normalized spacial score (nSPS) is 15.0. The number of aryl methyl sites for hydroxylation is 2. The number of rotatable bonds is 1. The summed E-state index contributed by atoms with van der Waals surface area (Å²) in [5.74, 6) is 0.136. The monoisotopic (exact) mass is 177 g/mol. The zero-order valence-electron chi connectivity index (χ0n) is 7.76. The first-order chi connectivity index (χ1) is 6.29. The van der Waals surface area contributed by atoms with Crippen molar-refractivity contribution in [3.8, 4) is 0 Å². The zero-order valence-corrected chi connectivity index (χ0v) is 7.76. The van der Waals surface area contributed by atoms with Gasteiger partial charge in [-0.2, -0.15) is 0 Å². The van der Waals surface area contributed by atoms with Crippen LogP contribution in [0.15, 0.2) is 18.2 Å². The molecule has 0 atom stereocenters. The summed E-state index contributed by atoms with van der Waals surface area (Å²) in [6.45, 7) is 2.14. The second-order valence-electron chi connectivity index (χ2n) is 3.39. The van der Waals surface area contributed by atoms with E-state index < -0.39 is 0 Å². The van der Waals surface area contributed by atoms with Gasteiger partial charge in [0, 0.05) is 13.5 Å². The van der Waals surface area contributed by atoms with Crippen molar-refractivity contribution in [3.63, 3.8) is 0 Å². The predicted octanol–water partition coefficient (Wildman–Crippen LogP) is 2.38. The molecule has 70 valence electrons. The molecule has 1 aromatic carbocycles. The van der Waals surface area contributed by atoms with Crippen LogP contribution in [-0.4, -0.2) is 5.91 Å². The average molecular weight is 177 g/mol. The molecule has 1 N–H and O–H groups in total. The SMILES string of the molecule is CCc1ccc2c(c1)CCC(=O)N2.[HH]. The topological polar surface area (TPSA) is 29.1 Å². The molecule has 0 unspecified atom stereocenters. The highest BCUT2D eigenvalue weighted by molar-refractivity contribution is 5.93. The van der Waals surface area contributed by atoms with Crippen molar-refractivity contribution in [1.82, 2.24) is 0 Å². The van der Waals surface area contributed by atoms with Crippen molar-refractivity contribution in [2.45, 2.75) is 26.2 Å². The molecule has 0 saturated heterocycles. The number of hydrogen-bond donors (Lipinski definition) is 1. The fourth-order valence-corrected chi connectivity index (χ4v) is 1.66. The average Bonchev–Trinajstić information content (AvgIpc) is 2.17. The highest BCUT2D eigenvalue weighted by Crippen LogP contribution is 2.23. The Morgan fingerprint density at radius 2 is 2.31 bits per heavy atom. The molecule has 1 aliphatic heterocycles. The van der Waals surface area contributed by atoms with E-state index in [1.165, 1.54) is 11.1 Å². The lowest BCUT2D eigenvalue weighted by Gasteiger charge is -2.17. The Morgan fingerprint density at radius 1 is 1.46 bits per heavy atom. The van der Waals surface area contributed by atoms with Crippen LogP contribution >= 0.6 is 0 Å². The van der Waals surface area contributed by atoms with Gasteiger partial charge in [-0.25, -0.2) is 0 Å². The molecule has 2 heteroatoms.